The molecule has 2 heterocycles. The summed E-state index contributed by atoms with van der Waals surface area (Å²) in [6, 6.07) is 16.6. The van der Waals surface area contributed by atoms with Gasteiger partial charge in [0.05, 0.1) is 16.6 Å². The molecular weight excluding hydrogens is 500 g/mol. The molecule has 0 saturated carbocycles. The van der Waals surface area contributed by atoms with Crippen molar-refractivity contribution in [2.75, 3.05) is 31.1 Å². The van der Waals surface area contributed by atoms with Crippen molar-refractivity contribution in [3.05, 3.63) is 81.2 Å². The van der Waals surface area contributed by atoms with E-state index in [1.807, 2.05) is 42.5 Å². The van der Waals surface area contributed by atoms with Gasteiger partial charge in [0.15, 0.2) is 5.76 Å². The van der Waals surface area contributed by atoms with Crippen molar-refractivity contribution in [2.24, 2.45) is 0 Å². The Morgan fingerprint density at radius 3 is 2.48 bits per heavy atom. The van der Waals surface area contributed by atoms with Gasteiger partial charge < -0.3 is 14.2 Å². The van der Waals surface area contributed by atoms with E-state index in [-0.39, 0.29) is 17.4 Å². The van der Waals surface area contributed by atoms with E-state index < -0.39 is 10.8 Å². The number of furan rings is 1. The predicted octanol–water partition coefficient (Wildman–Crippen LogP) is 5.27. The number of hydrogen-bond donors (Lipinski definition) is 0. The molecule has 1 fully saturated rings. The summed E-state index contributed by atoms with van der Waals surface area (Å²) in [4.78, 5) is 17.7. The zero-order valence-corrected chi connectivity index (χ0v) is 20.2. The average Bonchev–Trinajstić information content (AvgIpc) is 3.24. The zero-order chi connectivity index (χ0) is 22.0. The van der Waals surface area contributed by atoms with Gasteiger partial charge in [-0.2, -0.15) is 0 Å². The number of benzene rings is 2. The average molecular weight is 522 g/mol. The van der Waals surface area contributed by atoms with Crippen LogP contribution < -0.4 is 4.90 Å². The molecule has 1 amide bonds. The number of carbonyl (C=O) groups excluding carboxylic acids is 1. The first-order valence-electron chi connectivity index (χ1n) is 9.94. The molecule has 4 rings (SSSR count). The first-order valence-corrected chi connectivity index (χ1v) is 12.4. The van der Waals surface area contributed by atoms with Crippen LogP contribution in [-0.2, 0) is 16.6 Å². The summed E-state index contributed by atoms with van der Waals surface area (Å²) in [5.74, 6) is 0.924. The van der Waals surface area contributed by atoms with Crippen LogP contribution in [0.2, 0.25) is 5.02 Å². The van der Waals surface area contributed by atoms with Gasteiger partial charge in [-0.25, -0.2) is 0 Å². The van der Waals surface area contributed by atoms with Crippen LogP contribution in [0.15, 0.2) is 68.4 Å². The minimum Gasteiger partial charge on any atom is -0.455 e. The van der Waals surface area contributed by atoms with Crippen molar-refractivity contribution in [1.82, 2.24) is 4.90 Å². The van der Waals surface area contributed by atoms with Gasteiger partial charge in [0.25, 0.3) is 5.91 Å². The zero-order valence-electron chi connectivity index (χ0n) is 17.0. The van der Waals surface area contributed by atoms with Crippen molar-refractivity contribution in [2.45, 2.75) is 17.6 Å². The highest BCUT2D eigenvalue weighted by molar-refractivity contribution is 9.10. The van der Waals surface area contributed by atoms with Gasteiger partial charge in [-0.05, 0) is 61.0 Å². The molecule has 0 spiro atoms. The van der Waals surface area contributed by atoms with Crippen molar-refractivity contribution >= 4 is 49.9 Å². The van der Waals surface area contributed by atoms with E-state index in [2.05, 4.69) is 27.8 Å². The largest absolute Gasteiger partial charge is 0.455 e. The van der Waals surface area contributed by atoms with E-state index in [0.717, 1.165) is 28.1 Å². The Labute approximate surface area is 197 Å². The van der Waals surface area contributed by atoms with E-state index in [9.17, 15) is 9.00 Å². The van der Waals surface area contributed by atoms with Gasteiger partial charge >= 0.3 is 0 Å². The maximum absolute atomic E-state index is 12.9. The van der Waals surface area contributed by atoms with Crippen molar-refractivity contribution in [3.63, 3.8) is 0 Å². The second kappa shape index (κ2) is 9.59. The SMILES string of the molecule is Cc1ccc(Cl)cc1N1CCN(C(=O)c2ccc(CS(=O)c3ccc(Br)cc3)o2)CC1. The normalized spacial score (nSPS) is 15.2. The topological polar surface area (TPSA) is 53.8 Å². The number of hydrogen-bond acceptors (Lipinski definition) is 4. The van der Waals surface area contributed by atoms with Crippen LogP contribution in [0.25, 0.3) is 0 Å². The summed E-state index contributed by atoms with van der Waals surface area (Å²) >= 11 is 9.53. The lowest BCUT2D eigenvalue weighted by atomic mass is 10.1. The van der Waals surface area contributed by atoms with E-state index >= 15 is 0 Å². The smallest absolute Gasteiger partial charge is 0.289 e. The molecule has 2 aromatic carbocycles. The van der Waals surface area contributed by atoms with E-state index in [1.165, 1.54) is 5.56 Å². The number of anilines is 1. The molecule has 1 unspecified atom stereocenters. The summed E-state index contributed by atoms with van der Waals surface area (Å²) < 4.78 is 19.2. The molecular formula is C23H22BrClN2O3S. The van der Waals surface area contributed by atoms with E-state index in [1.54, 1.807) is 17.0 Å². The molecule has 0 bridgehead atoms. The molecule has 0 radical (unpaired) electrons. The number of nitrogens with zero attached hydrogens (tertiary/aromatic N) is 2. The predicted molar refractivity (Wildman–Crippen MR) is 127 cm³/mol. The van der Waals surface area contributed by atoms with Crippen molar-refractivity contribution < 1.29 is 13.4 Å². The Balaban J connectivity index is 1.36. The first kappa shape index (κ1) is 22.1. The summed E-state index contributed by atoms with van der Waals surface area (Å²) in [6.07, 6.45) is 0. The molecule has 162 valence electrons. The van der Waals surface area contributed by atoms with Crippen molar-refractivity contribution in [1.29, 1.82) is 0 Å². The van der Waals surface area contributed by atoms with Gasteiger partial charge in [-0.1, -0.05) is 33.6 Å². The second-order valence-corrected chi connectivity index (χ2v) is 10.2. The van der Waals surface area contributed by atoms with Gasteiger partial charge in [0.1, 0.15) is 5.76 Å². The second-order valence-electron chi connectivity index (χ2n) is 7.42. The Morgan fingerprint density at radius 1 is 1.06 bits per heavy atom. The Kier molecular flexibility index (Phi) is 6.84. The van der Waals surface area contributed by atoms with Crippen LogP contribution >= 0.6 is 27.5 Å². The number of amides is 1. The Bertz CT molecular complexity index is 1110. The highest BCUT2D eigenvalue weighted by atomic mass is 79.9. The van der Waals surface area contributed by atoms with Crippen LogP contribution in [-0.4, -0.2) is 41.2 Å². The van der Waals surface area contributed by atoms with E-state index in [0.29, 0.717) is 23.9 Å². The Morgan fingerprint density at radius 2 is 1.77 bits per heavy atom. The number of carbonyl (C=O) groups is 1. The third kappa shape index (κ3) is 5.22. The Hall–Kier alpha value is -2.09. The summed E-state index contributed by atoms with van der Waals surface area (Å²) in [6.45, 7) is 4.73. The fraction of sp³-hybridized carbons (Fsp3) is 0.261. The fourth-order valence-corrected chi connectivity index (χ4v) is 5.05. The maximum Gasteiger partial charge on any atom is 0.289 e. The molecule has 1 aliphatic heterocycles. The standard InChI is InChI=1S/C23H22BrClN2O3S/c1-16-2-5-18(25)14-21(16)26-10-12-27(13-11-26)23(28)22-9-6-19(30-22)15-31(29)20-7-3-17(24)4-8-20/h2-9,14H,10-13,15H2,1H3. The first-order chi connectivity index (χ1) is 14.9. The van der Waals surface area contributed by atoms with Gasteiger partial charge in [-0.3, -0.25) is 9.00 Å². The monoisotopic (exact) mass is 520 g/mol. The lowest BCUT2D eigenvalue weighted by molar-refractivity contribution is 0.0713. The van der Waals surface area contributed by atoms with Crippen LogP contribution in [0.1, 0.15) is 21.9 Å². The van der Waals surface area contributed by atoms with Crippen LogP contribution in [0.3, 0.4) is 0 Å². The maximum atomic E-state index is 12.9. The lowest BCUT2D eigenvalue weighted by Crippen LogP contribution is -2.48. The summed E-state index contributed by atoms with van der Waals surface area (Å²) in [5.41, 5.74) is 2.27. The molecule has 3 aromatic rings. The summed E-state index contributed by atoms with van der Waals surface area (Å²) in [7, 11) is -1.23. The van der Waals surface area contributed by atoms with Crippen LogP contribution in [0.5, 0.6) is 0 Å². The molecule has 5 nitrogen and oxygen atoms in total. The lowest BCUT2D eigenvalue weighted by Gasteiger charge is -2.36. The molecule has 0 N–H and O–H groups in total. The molecule has 1 atom stereocenters. The quantitative estimate of drug-likeness (QED) is 0.459. The number of aryl methyl sites for hydroxylation is 1. The molecule has 1 aromatic heterocycles. The third-order valence-corrected chi connectivity index (χ3v) is 7.41. The van der Waals surface area contributed by atoms with Crippen LogP contribution in [0, 0.1) is 6.92 Å². The number of rotatable bonds is 5. The minimum absolute atomic E-state index is 0.136. The molecule has 1 aliphatic rings. The minimum atomic E-state index is -1.23. The highest BCUT2D eigenvalue weighted by Crippen LogP contribution is 2.26. The van der Waals surface area contributed by atoms with E-state index in [4.69, 9.17) is 16.0 Å². The number of halogens is 2. The summed E-state index contributed by atoms with van der Waals surface area (Å²) in [5, 5.41) is 0.711. The third-order valence-electron chi connectivity index (χ3n) is 5.30. The molecule has 1 saturated heterocycles. The van der Waals surface area contributed by atoms with Gasteiger partial charge in [0, 0.05) is 46.3 Å². The molecule has 31 heavy (non-hydrogen) atoms. The number of piperazine rings is 1. The fourth-order valence-electron chi connectivity index (χ4n) is 3.60. The molecule has 0 aliphatic carbocycles. The molecule has 8 heteroatoms. The van der Waals surface area contributed by atoms with Crippen LogP contribution in [0.4, 0.5) is 5.69 Å². The van der Waals surface area contributed by atoms with Gasteiger partial charge in [0.2, 0.25) is 0 Å². The van der Waals surface area contributed by atoms with Gasteiger partial charge in [-0.15, -0.1) is 0 Å². The highest BCUT2D eigenvalue weighted by Gasteiger charge is 2.25. The van der Waals surface area contributed by atoms with Crippen molar-refractivity contribution in [3.8, 4) is 0 Å².